The molecular weight excluding hydrogens is 260 g/mol. The van der Waals surface area contributed by atoms with Crippen molar-refractivity contribution in [2.45, 2.75) is 12.8 Å². The van der Waals surface area contributed by atoms with Gasteiger partial charge in [0.2, 0.25) is 0 Å². The molecule has 0 spiro atoms. The number of carboxylic acids is 1. The second-order valence-electron chi connectivity index (χ2n) is 4.84. The maximum Gasteiger partial charge on any atom is 0.308 e. The first-order valence-electron chi connectivity index (χ1n) is 6.67. The van der Waals surface area contributed by atoms with E-state index in [0.717, 1.165) is 12.8 Å². The minimum Gasteiger partial charge on any atom is -0.481 e. The molecule has 20 heavy (non-hydrogen) atoms. The number of aliphatic carboxylic acids is 1. The van der Waals surface area contributed by atoms with E-state index in [2.05, 4.69) is 10.3 Å². The van der Waals surface area contributed by atoms with Crippen molar-refractivity contribution in [2.75, 3.05) is 19.8 Å². The van der Waals surface area contributed by atoms with Gasteiger partial charge < -0.3 is 15.2 Å². The lowest BCUT2D eigenvalue weighted by Gasteiger charge is -2.27. The van der Waals surface area contributed by atoms with Crippen LogP contribution in [0.5, 0.6) is 0 Å². The molecule has 6 nitrogen and oxygen atoms in total. The Balaban J connectivity index is 1.92. The highest BCUT2D eigenvalue weighted by Gasteiger charge is 2.30. The first-order chi connectivity index (χ1) is 9.68. The summed E-state index contributed by atoms with van der Waals surface area (Å²) in [7, 11) is 0. The molecule has 1 aliphatic heterocycles. The van der Waals surface area contributed by atoms with E-state index in [-0.39, 0.29) is 18.4 Å². The molecule has 2 rings (SSSR count). The predicted octanol–water partition coefficient (Wildman–Crippen LogP) is 0.939. The molecule has 108 valence electrons. The Morgan fingerprint density at radius 1 is 1.35 bits per heavy atom. The van der Waals surface area contributed by atoms with Gasteiger partial charge in [0, 0.05) is 37.7 Å². The normalized spacial score (nSPS) is 17.4. The van der Waals surface area contributed by atoms with Crippen LogP contribution in [-0.4, -0.2) is 41.7 Å². The van der Waals surface area contributed by atoms with E-state index < -0.39 is 11.9 Å². The highest BCUT2D eigenvalue weighted by molar-refractivity contribution is 5.94. The van der Waals surface area contributed by atoms with Crippen molar-refractivity contribution >= 4 is 11.9 Å². The number of rotatable bonds is 5. The van der Waals surface area contributed by atoms with Crippen molar-refractivity contribution in [1.29, 1.82) is 0 Å². The van der Waals surface area contributed by atoms with Crippen molar-refractivity contribution in [2.24, 2.45) is 11.8 Å². The van der Waals surface area contributed by atoms with Gasteiger partial charge in [-0.05, 0) is 30.9 Å². The summed E-state index contributed by atoms with van der Waals surface area (Å²) in [6, 6.07) is 3.19. The fourth-order valence-electron chi connectivity index (χ4n) is 2.38. The molecule has 0 aliphatic carbocycles. The molecule has 1 aromatic heterocycles. The molecule has 1 unspecified atom stereocenters. The van der Waals surface area contributed by atoms with E-state index in [0.29, 0.717) is 18.8 Å². The van der Waals surface area contributed by atoms with Gasteiger partial charge in [-0.2, -0.15) is 0 Å². The first kappa shape index (κ1) is 14.5. The molecule has 1 fully saturated rings. The van der Waals surface area contributed by atoms with Gasteiger partial charge in [0.25, 0.3) is 5.91 Å². The molecule has 1 aliphatic rings. The van der Waals surface area contributed by atoms with Crippen molar-refractivity contribution < 1.29 is 19.4 Å². The zero-order chi connectivity index (χ0) is 14.4. The number of nitrogens with zero attached hydrogens (tertiary/aromatic N) is 1. The number of carbonyl (C=O) groups excluding carboxylic acids is 1. The van der Waals surface area contributed by atoms with Crippen LogP contribution in [0.15, 0.2) is 24.5 Å². The third kappa shape index (κ3) is 3.77. The number of aromatic nitrogens is 1. The first-order valence-corrected chi connectivity index (χ1v) is 6.67. The lowest BCUT2D eigenvalue weighted by atomic mass is 9.86. The zero-order valence-electron chi connectivity index (χ0n) is 11.1. The number of hydrogen-bond acceptors (Lipinski definition) is 4. The maximum absolute atomic E-state index is 11.9. The summed E-state index contributed by atoms with van der Waals surface area (Å²) in [5.74, 6) is -1.65. The van der Waals surface area contributed by atoms with Crippen LogP contribution >= 0.6 is 0 Å². The van der Waals surface area contributed by atoms with Crippen molar-refractivity contribution in [3.8, 4) is 0 Å². The summed E-state index contributed by atoms with van der Waals surface area (Å²) < 4.78 is 5.24. The van der Waals surface area contributed by atoms with Gasteiger partial charge >= 0.3 is 5.97 Å². The molecule has 2 N–H and O–H groups in total. The highest BCUT2D eigenvalue weighted by Crippen LogP contribution is 2.23. The van der Waals surface area contributed by atoms with Gasteiger partial charge in [-0.1, -0.05) is 0 Å². The highest BCUT2D eigenvalue weighted by atomic mass is 16.5. The number of carbonyl (C=O) groups is 2. The molecule has 1 amide bonds. The molecule has 6 heteroatoms. The summed E-state index contributed by atoms with van der Waals surface area (Å²) in [5, 5.41) is 12.0. The quantitative estimate of drug-likeness (QED) is 0.836. The lowest BCUT2D eigenvalue weighted by Crippen LogP contribution is -2.38. The fraction of sp³-hybridized carbons (Fsp3) is 0.500. The lowest BCUT2D eigenvalue weighted by molar-refractivity contribution is -0.144. The molecule has 1 aromatic rings. The van der Waals surface area contributed by atoms with Crippen LogP contribution < -0.4 is 5.32 Å². The smallest absolute Gasteiger partial charge is 0.308 e. The van der Waals surface area contributed by atoms with E-state index in [4.69, 9.17) is 4.74 Å². The van der Waals surface area contributed by atoms with Gasteiger partial charge in [-0.25, -0.2) is 0 Å². The summed E-state index contributed by atoms with van der Waals surface area (Å²) in [4.78, 5) is 27.1. The van der Waals surface area contributed by atoms with Crippen LogP contribution in [0.25, 0.3) is 0 Å². The Hall–Kier alpha value is -1.95. The van der Waals surface area contributed by atoms with Gasteiger partial charge in [0.1, 0.15) is 0 Å². The summed E-state index contributed by atoms with van der Waals surface area (Å²) >= 11 is 0. The van der Waals surface area contributed by atoms with Crippen LogP contribution in [0.1, 0.15) is 23.2 Å². The Bertz CT molecular complexity index is 458. The van der Waals surface area contributed by atoms with Gasteiger partial charge in [0.15, 0.2) is 0 Å². The predicted molar refractivity (Wildman–Crippen MR) is 71.2 cm³/mol. The van der Waals surface area contributed by atoms with Crippen molar-refractivity contribution in [3.05, 3.63) is 30.1 Å². The number of amides is 1. The SMILES string of the molecule is O=C(NCC(C(=O)O)C1CCOCC1)c1ccncc1. The molecule has 1 atom stereocenters. The third-order valence-corrected chi connectivity index (χ3v) is 3.58. The Labute approximate surface area is 117 Å². The number of hydrogen-bond donors (Lipinski definition) is 2. The molecule has 0 bridgehead atoms. The minimum absolute atomic E-state index is 0.0546. The summed E-state index contributed by atoms with van der Waals surface area (Å²) in [6.07, 6.45) is 4.51. The van der Waals surface area contributed by atoms with E-state index in [1.54, 1.807) is 12.1 Å². The van der Waals surface area contributed by atoms with Crippen molar-refractivity contribution in [1.82, 2.24) is 10.3 Å². The van der Waals surface area contributed by atoms with Gasteiger partial charge in [-0.15, -0.1) is 0 Å². The molecule has 0 aromatic carbocycles. The minimum atomic E-state index is -0.869. The van der Waals surface area contributed by atoms with E-state index >= 15 is 0 Å². The second-order valence-corrected chi connectivity index (χ2v) is 4.84. The summed E-state index contributed by atoms with van der Waals surface area (Å²) in [5.41, 5.74) is 0.483. The van der Waals surface area contributed by atoms with Gasteiger partial charge in [-0.3, -0.25) is 14.6 Å². The van der Waals surface area contributed by atoms with E-state index in [1.165, 1.54) is 12.4 Å². The number of nitrogens with one attached hydrogen (secondary N) is 1. The molecular formula is C14H18N2O4. The van der Waals surface area contributed by atoms with Crippen LogP contribution in [0.2, 0.25) is 0 Å². The fourth-order valence-corrected chi connectivity index (χ4v) is 2.38. The van der Waals surface area contributed by atoms with E-state index in [1.807, 2.05) is 0 Å². The molecule has 0 radical (unpaired) electrons. The Morgan fingerprint density at radius 3 is 2.60 bits per heavy atom. The monoisotopic (exact) mass is 278 g/mol. The van der Waals surface area contributed by atoms with E-state index in [9.17, 15) is 14.7 Å². The standard InChI is InChI=1S/C14H18N2O4/c17-13(11-1-5-15-6-2-11)16-9-12(14(18)19)10-3-7-20-8-4-10/h1-2,5-6,10,12H,3-4,7-9H2,(H,16,17)(H,18,19). The summed E-state index contributed by atoms with van der Waals surface area (Å²) in [6.45, 7) is 1.32. The number of pyridine rings is 1. The van der Waals surface area contributed by atoms with Crippen LogP contribution in [0.3, 0.4) is 0 Å². The Kier molecular flexibility index (Phi) is 5.06. The van der Waals surface area contributed by atoms with Gasteiger partial charge in [0.05, 0.1) is 5.92 Å². The topological polar surface area (TPSA) is 88.5 Å². The molecule has 1 saturated heterocycles. The third-order valence-electron chi connectivity index (χ3n) is 3.58. The average Bonchev–Trinajstić information content (AvgIpc) is 2.49. The largest absolute Gasteiger partial charge is 0.481 e. The van der Waals surface area contributed by atoms with Crippen molar-refractivity contribution in [3.63, 3.8) is 0 Å². The Morgan fingerprint density at radius 2 is 2.00 bits per heavy atom. The number of carboxylic acid groups (broad SMARTS) is 1. The second kappa shape index (κ2) is 7.00. The average molecular weight is 278 g/mol. The molecule has 2 heterocycles. The van der Waals surface area contributed by atoms with Crippen LogP contribution in [-0.2, 0) is 9.53 Å². The van der Waals surface area contributed by atoms with Crippen LogP contribution in [0.4, 0.5) is 0 Å². The molecule has 0 saturated carbocycles. The zero-order valence-corrected chi connectivity index (χ0v) is 11.1. The maximum atomic E-state index is 11.9. The van der Waals surface area contributed by atoms with Crippen LogP contribution in [0, 0.1) is 11.8 Å². The number of ether oxygens (including phenoxy) is 1.